The molecule has 164 valence electrons. The summed E-state index contributed by atoms with van der Waals surface area (Å²) in [7, 11) is 0. The first-order valence-electron chi connectivity index (χ1n) is 11.2. The number of aromatic amines is 1. The van der Waals surface area contributed by atoms with Crippen molar-refractivity contribution in [3.05, 3.63) is 48.1 Å². The van der Waals surface area contributed by atoms with Gasteiger partial charge in [0.25, 0.3) is 0 Å². The van der Waals surface area contributed by atoms with Gasteiger partial charge in [-0.15, -0.1) is 0 Å². The van der Waals surface area contributed by atoms with Gasteiger partial charge in [-0.05, 0) is 67.9 Å². The van der Waals surface area contributed by atoms with Crippen molar-refractivity contribution in [2.24, 2.45) is 23.7 Å². The third-order valence-corrected chi connectivity index (χ3v) is 7.61. The van der Waals surface area contributed by atoms with E-state index in [1.807, 2.05) is 0 Å². The number of halogens is 2. The van der Waals surface area contributed by atoms with Gasteiger partial charge in [-0.2, -0.15) is 4.39 Å². The lowest BCUT2D eigenvalue weighted by Crippen LogP contribution is -2.39. The van der Waals surface area contributed by atoms with E-state index in [0.29, 0.717) is 52.3 Å². The number of hydrogen-bond acceptors (Lipinski definition) is 5. The van der Waals surface area contributed by atoms with Crippen molar-refractivity contribution in [3.63, 3.8) is 0 Å². The molecule has 6 nitrogen and oxygen atoms in total. The van der Waals surface area contributed by atoms with Gasteiger partial charge >= 0.3 is 0 Å². The number of aromatic nitrogens is 5. The normalized spacial score (nSPS) is 25.0. The Balaban J connectivity index is 1.47. The lowest BCUT2D eigenvalue weighted by molar-refractivity contribution is 0.0334. The molecule has 4 heterocycles. The average Bonchev–Trinajstić information content (AvgIpc) is 3.48. The molecular weight excluding hydrogens is 412 g/mol. The van der Waals surface area contributed by atoms with Crippen LogP contribution in [0.4, 0.5) is 8.78 Å². The van der Waals surface area contributed by atoms with E-state index in [1.165, 1.54) is 37.9 Å². The molecule has 0 radical (unpaired) electrons. The topological polar surface area (TPSA) is 80.5 Å². The summed E-state index contributed by atoms with van der Waals surface area (Å²) in [6.45, 7) is 2.30. The van der Waals surface area contributed by atoms with Crippen LogP contribution in [0.5, 0.6) is 0 Å². The van der Waals surface area contributed by atoms with Crippen LogP contribution in [-0.2, 0) is 6.42 Å². The Morgan fingerprint density at radius 2 is 1.84 bits per heavy atom. The van der Waals surface area contributed by atoms with Crippen LogP contribution in [0.2, 0.25) is 0 Å². The smallest absolute Gasteiger partial charge is 0.214 e. The summed E-state index contributed by atoms with van der Waals surface area (Å²) in [5.74, 6) is 1.88. The maximum absolute atomic E-state index is 15.7. The van der Waals surface area contributed by atoms with E-state index in [0.717, 1.165) is 5.92 Å². The average molecular weight is 435 g/mol. The van der Waals surface area contributed by atoms with Crippen molar-refractivity contribution in [2.45, 2.75) is 39.0 Å². The quantitative estimate of drug-likeness (QED) is 0.424. The summed E-state index contributed by atoms with van der Waals surface area (Å²) < 4.78 is 34.5. The zero-order valence-electron chi connectivity index (χ0n) is 17.7. The molecule has 0 saturated heterocycles. The lowest BCUT2D eigenvalue weighted by atomic mass is 9.58. The van der Waals surface area contributed by atoms with Gasteiger partial charge in [0.15, 0.2) is 17.4 Å². The summed E-state index contributed by atoms with van der Waals surface area (Å²) in [6, 6.07) is 4.52. The van der Waals surface area contributed by atoms with Crippen molar-refractivity contribution < 1.29 is 13.3 Å². The second-order valence-electron chi connectivity index (χ2n) is 9.17. The third kappa shape index (κ3) is 3.12. The van der Waals surface area contributed by atoms with Gasteiger partial charge in [0.05, 0.1) is 11.9 Å². The van der Waals surface area contributed by atoms with Crippen LogP contribution in [0.25, 0.3) is 33.9 Å². The summed E-state index contributed by atoms with van der Waals surface area (Å²) in [6.07, 6.45) is 8.71. The molecule has 4 aromatic heterocycles. The maximum atomic E-state index is 15.7. The van der Waals surface area contributed by atoms with Gasteiger partial charge in [-0.1, -0.05) is 12.1 Å². The fourth-order valence-electron chi connectivity index (χ4n) is 5.87. The Morgan fingerprint density at radius 1 is 1.03 bits per heavy atom. The highest BCUT2D eigenvalue weighted by atomic mass is 19.1. The Hall–Kier alpha value is -3.16. The molecule has 32 heavy (non-hydrogen) atoms. The Morgan fingerprint density at radius 3 is 2.59 bits per heavy atom. The molecule has 3 fully saturated rings. The highest BCUT2D eigenvalue weighted by molar-refractivity contribution is 5.91. The van der Waals surface area contributed by atoms with Crippen molar-refractivity contribution in [3.8, 4) is 22.8 Å². The monoisotopic (exact) mass is 435 g/mol. The van der Waals surface area contributed by atoms with Crippen LogP contribution in [0.15, 0.2) is 35.1 Å². The van der Waals surface area contributed by atoms with E-state index in [-0.39, 0.29) is 11.5 Å². The van der Waals surface area contributed by atoms with E-state index in [4.69, 9.17) is 4.52 Å². The number of nitrogens with one attached hydrogen (secondary N) is 1. The molecule has 0 aliphatic heterocycles. The van der Waals surface area contributed by atoms with Crippen LogP contribution in [0.1, 0.15) is 38.3 Å². The Bertz CT molecular complexity index is 1280. The van der Waals surface area contributed by atoms with Gasteiger partial charge in [0.1, 0.15) is 11.3 Å². The van der Waals surface area contributed by atoms with Gasteiger partial charge in [0, 0.05) is 23.2 Å². The molecule has 1 N–H and O–H groups in total. The standard InChI is InChI=1S/C24H23F2N5O/c1-12-13-2-4-14(5-3-13)16(12)10-18-21(26)22(19-8-9-28-32-19)31-24(29-18)17-11-27-23-15(17)6-7-20(25)30-23/h6-9,11-14,16H,2-5,10H2,1H3,(H,27,30). The molecule has 2 unspecified atom stereocenters. The Labute approximate surface area is 183 Å². The molecular formula is C24H23F2N5O. The molecule has 2 bridgehead atoms. The molecule has 4 aromatic rings. The van der Waals surface area contributed by atoms with Crippen molar-refractivity contribution in [2.75, 3.05) is 0 Å². The number of fused-ring (bicyclic) bond motifs is 4. The van der Waals surface area contributed by atoms with Gasteiger partial charge < -0.3 is 9.51 Å². The summed E-state index contributed by atoms with van der Waals surface area (Å²) >= 11 is 0. The van der Waals surface area contributed by atoms with E-state index >= 15 is 4.39 Å². The molecule has 2 atom stereocenters. The van der Waals surface area contributed by atoms with Crippen LogP contribution >= 0.6 is 0 Å². The van der Waals surface area contributed by atoms with Crippen LogP contribution in [-0.4, -0.2) is 25.1 Å². The number of hydrogen-bond donors (Lipinski definition) is 1. The predicted molar refractivity (Wildman–Crippen MR) is 114 cm³/mol. The highest BCUT2D eigenvalue weighted by Crippen LogP contribution is 2.50. The van der Waals surface area contributed by atoms with E-state index in [1.54, 1.807) is 18.3 Å². The minimum absolute atomic E-state index is 0.0977. The molecule has 3 aliphatic carbocycles. The zero-order valence-corrected chi connectivity index (χ0v) is 17.7. The Kier molecular flexibility index (Phi) is 4.55. The minimum atomic E-state index is -0.574. The first-order chi connectivity index (χ1) is 15.6. The predicted octanol–water partition coefficient (Wildman–Crippen LogP) is 5.57. The highest BCUT2D eigenvalue weighted by Gasteiger charge is 2.41. The van der Waals surface area contributed by atoms with Crippen LogP contribution < -0.4 is 0 Å². The first-order valence-corrected chi connectivity index (χ1v) is 11.2. The van der Waals surface area contributed by atoms with Crippen molar-refractivity contribution >= 4 is 11.0 Å². The zero-order chi connectivity index (χ0) is 21.8. The molecule has 3 saturated carbocycles. The second-order valence-corrected chi connectivity index (χ2v) is 9.17. The maximum Gasteiger partial charge on any atom is 0.214 e. The second kappa shape index (κ2) is 7.46. The van der Waals surface area contributed by atoms with Crippen molar-refractivity contribution in [1.29, 1.82) is 0 Å². The van der Waals surface area contributed by atoms with Gasteiger partial charge in [0.2, 0.25) is 5.95 Å². The number of pyridine rings is 1. The van der Waals surface area contributed by atoms with Crippen LogP contribution in [0.3, 0.4) is 0 Å². The summed E-state index contributed by atoms with van der Waals surface area (Å²) in [5, 5.41) is 4.40. The molecule has 7 rings (SSSR count). The first kappa shape index (κ1) is 19.5. The van der Waals surface area contributed by atoms with Gasteiger partial charge in [-0.25, -0.2) is 19.3 Å². The molecule has 0 amide bonds. The fourth-order valence-corrected chi connectivity index (χ4v) is 5.87. The van der Waals surface area contributed by atoms with Gasteiger partial charge in [-0.3, -0.25) is 0 Å². The fraction of sp³-hybridized carbons (Fsp3) is 0.417. The number of nitrogens with zero attached hydrogens (tertiary/aromatic N) is 4. The number of H-pyrrole nitrogens is 1. The molecule has 0 spiro atoms. The molecule has 3 aliphatic rings. The largest absolute Gasteiger partial charge is 0.355 e. The van der Waals surface area contributed by atoms with E-state index < -0.39 is 11.8 Å². The summed E-state index contributed by atoms with van der Waals surface area (Å²) in [5.41, 5.74) is 1.54. The van der Waals surface area contributed by atoms with E-state index in [9.17, 15) is 4.39 Å². The number of rotatable bonds is 4. The molecule has 8 heteroatoms. The SMILES string of the molecule is CC1C2CCC(CC2)C1Cc1nc(-c2c[nH]c3nc(F)ccc23)nc(-c2ccno2)c1F. The minimum Gasteiger partial charge on any atom is -0.355 e. The summed E-state index contributed by atoms with van der Waals surface area (Å²) in [4.78, 5) is 16.0. The molecule has 0 aromatic carbocycles. The lowest BCUT2D eigenvalue weighted by Gasteiger charge is -2.47. The van der Waals surface area contributed by atoms with E-state index in [2.05, 4.69) is 32.0 Å². The van der Waals surface area contributed by atoms with Crippen LogP contribution in [0, 0.1) is 35.4 Å². The third-order valence-electron chi connectivity index (χ3n) is 7.61. The van der Waals surface area contributed by atoms with Crippen molar-refractivity contribution in [1.82, 2.24) is 25.1 Å².